The van der Waals surface area contributed by atoms with Gasteiger partial charge in [0.25, 0.3) is 11.7 Å². The Morgan fingerprint density at radius 2 is 2.22 bits per heavy atom. The molecule has 2 aliphatic rings. The number of hydrogen-bond acceptors (Lipinski definition) is 10. The Labute approximate surface area is 191 Å². The lowest BCUT2D eigenvalue weighted by Crippen LogP contribution is -2.68. The van der Waals surface area contributed by atoms with Gasteiger partial charge < -0.3 is 9.84 Å². The number of carbonyl (C=O) groups excluding carboxylic acids is 2. The van der Waals surface area contributed by atoms with Crippen molar-refractivity contribution < 1.29 is 28.8 Å². The maximum atomic E-state index is 12.9. The van der Waals surface area contributed by atoms with Gasteiger partial charge in [-0.3, -0.25) is 15.0 Å². The summed E-state index contributed by atoms with van der Waals surface area (Å²) in [6, 6.07) is 2.70. The molecule has 0 aromatic carbocycles. The summed E-state index contributed by atoms with van der Waals surface area (Å²) in [5.74, 6) is -0.462. The van der Waals surface area contributed by atoms with E-state index in [-0.39, 0.29) is 17.0 Å². The van der Waals surface area contributed by atoms with Gasteiger partial charge in [-0.05, 0) is 22.1 Å². The second-order valence-corrected chi connectivity index (χ2v) is 9.12. The largest absolute Gasteiger partial charge is 0.477 e. The van der Waals surface area contributed by atoms with Crippen LogP contribution in [0.1, 0.15) is 10.4 Å². The highest BCUT2D eigenvalue weighted by Crippen LogP contribution is 2.42. The SMILES string of the molecule is COC(=O)c1ccc(NC2C(=O)N3C(C(=O)O)=C(CSc4nnnn4C)CSC23)[n+](C)c1. The number of rotatable bonds is 7. The molecule has 32 heavy (non-hydrogen) atoms. The molecule has 4 heterocycles. The molecule has 0 saturated carbocycles. The Kier molecular flexibility index (Phi) is 6.06. The number of aryl methyl sites for hydroxylation is 2. The van der Waals surface area contributed by atoms with Crippen LogP contribution in [-0.2, 0) is 28.4 Å². The number of ether oxygens (including phenoxy) is 1. The fraction of sp³-hybridized carbons (Fsp3) is 0.389. The highest BCUT2D eigenvalue weighted by atomic mass is 32.2. The molecule has 1 fully saturated rings. The Morgan fingerprint density at radius 1 is 1.44 bits per heavy atom. The fourth-order valence-electron chi connectivity index (χ4n) is 3.44. The summed E-state index contributed by atoms with van der Waals surface area (Å²) in [6.07, 6.45) is 1.60. The average Bonchev–Trinajstić information content (AvgIpc) is 3.19. The first-order valence-electron chi connectivity index (χ1n) is 9.41. The second-order valence-electron chi connectivity index (χ2n) is 7.07. The molecule has 168 valence electrons. The number of nitrogens with one attached hydrogen (secondary N) is 1. The summed E-state index contributed by atoms with van der Waals surface area (Å²) in [4.78, 5) is 37.9. The van der Waals surface area contributed by atoms with E-state index in [4.69, 9.17) is 4.74 Å². The van der Waals surface area contributed by atoms with Gasteiger partial charge in [0.1, 0.15) is 17.3 Å². The van der Waals surface area contributed by atoms with Gasteiger partial charge in [-0.1, -0.05) is 11.8 Å². The number of carbonyl (C=O) groups is 3. The normalized spacial score (nSPS) is 20.0. The summed E-state index contributed by atoms with van der Waals surface area (Å²) in [5.41, 5.74) is 1.04. The van der Waals surface area contributed by atoms with E-state index in [9.17, 15) is 19.5 Å². The van der Waals surface area contributed by atoms with E-state index in [0.29, 0.717) is 33.6 Å². The summed E-state index contributed by atoms with van der Waals surface area (Å²) in [6.45, 7) is 0. The first-order valence-corrected chi connectivity index (χ1v) is 11.4. The number of nitrogens with zero attached hydrogens (tertiary/aromatic N) is 6. The lowest BCUT2D eigenvalue weighted by atomic mass is 10.0. The van der Waals surface area contributed by atoms with E-state index in [2.05, 4.69) is 20.8 Å². The van der Waals surface area contributed by atoms with E-state index in [1.807, 2.05) is 0 Å². The van der Waals surface area contributed by atoms with E-state index >= 15 is 0 Å². The fourth-order valence-corrected chi connectivity index (χ4v) is 5.78. The van der Waals surface area contributed by atoms with Gasteiger partial charge in [-0.2, -0.15) is 0 Å². The Balaban J connectivity index is 1.50. The highest BCUT2D eigenvalue weighted by molar-refractivity contribution is 8.01. The molecule has 0 spiro atoms. The van der Waals surface area contributed by atoms with Crippen molar-refractivity contribution in [3.05, 3.63) is 35.2 Å². The molecule has 4 rings (SSSR count). The summed E-state index contributed by atoms with van der Waals surface area (Å²) < 4.78 is 7.90. The van der Waals surface area contributed by atoms with Crippen molar-refractivity contribution in [1.82, 2.24) is 25.1 Å². The van der Waals surface area contributed by atoms with E-state index in [0.717, 1.165) is 0 Å². The molecular formula is C18H20N7O5S2+. The minimum atomic E-state index is -1.14. The lowest BCUT2D eigenvalue weighted by Gasteiger charge is -2.47. The summed E-state index contributed by atoms with van der Waals surface area (Å²) >= 11 is 2.82. The van der Waals surface area contributed by atoms with Crippen LogP contribution in [0.3, 0.4) is 0 Å². The molecular weight excluding hydrogens is 458 g/mol. The first-order chi connectivity index (χ1) is 15.3. The molecule has 2 N–H and O–H groups in total. The third-order valence-corrected chi connectivity index (χ3v) is 7.50. The predicted molar refractivity (Wildman–Crippen MR) is 114 cm³/mol. The number of thioether (sulfide) groups is 2. The van der Waals surface area contributed by atoms with E-state index < -0.39 is 18.0 Å². The third-order valence-electron chi connectivity index (χ3n) is 5.06. The van der Waals surface area contributed by atoms with Gasteiger partial charge in [0.15, 0.2) is 0 Å². The number of aliphatic carboxylic acids is 1. The smallest absolute Gasteiger partial charge is 0.352 e. The standard InChI is InChI=1S/C18H19N7O5S2/c1-23-6-9(17(29)30-3)4-5-11(23)19-12-14(26)25-13(16(27)28)10(7-31-15(12)25)8-32-18-20-21-22-24(18)2/h4-6,12,15H,7-8H2,1-3H3,(H,27,28)/p+1. The van der Waals surface area contributed by atoms with Crippen LogP contribution in [0, 0.1) is 0 Å². The van der Waals surface area contributed by atoms with Gasteiger partial charge in [-0.25, -0.2) is 18.8 Å². The van der Waals surface area contributed by atoms with Crippen LogP contribution in [0.4, 0.5) is 5.82 Å². The van der Waals surface area contributed by atoms with Crippen LogP contribution in [0.2, 0.25) is 0 Å². The van der Waals surface area contributed by atoms with Crippen LogP contribution in [-0.4, -0.2) is 78.1 Å². The molecule has 2 atom stereocenters. The van der Waals surface area contributed by atoms with Crippen molar-refractivity contribution in [1.29, 1.82) is 0 Å². The van der Waals surface area contributed by atoms with Gasteiger partial charge >= 0.3 is 11.9 Å². The number of carboxylic acid groups (broad SMARTS) is 1. The summed E-state index contributed by atoms with van der Waals surface area (Å²) in [7, 11) is 4.75. The van der Waals surface area contributed by atoms with Crippen LogP contribution in [0.25, 0.3) is 0 Å². The molecule has 14 heteroatoms. The first kappa shape index (κ1) is 22.1. The van der Waals surface area contributed by atoms with E-state index in [1.54, 1.807) is 37.0 Å². The Morgan fingerprint density at radius 3 is 2.84 bits per heavy atom. The number of β-lactam (4-membered cyclic amide) rings is 1. The number of tetrazole rings is 1. The lowest BCUT2D eigenvalue weighted by molar-refractivity contribution is -0.657. The number of carboxylic acids is 1. The number of anilines is 1. The number of esters is 1. The van der Waals surface area contributed by atoms with Crippen molar-refractivity contribution in [3.63, 3.8) is 0 Å². The van der Waals surface area contributed by atoms with Crippen molar-refractivity contribution >= 4 is 47.2 Å². The predicted octanol–water partition coefficient (Wildman–Crippen LogP) is -0.352. The number of methoxy groups -OCH3 is 1. The molecule has 2 aromatic heterocycles. The number of aromatic nitrogens is 5. The zero-order valence-electron chi connectivity index (χ0n) is 17.4. The van der Waals surface area contributed by atoms with Crippen LogP contribution >= 0.6 is 23.5 Å². The van der Waals surface area contributed by atoms with Crippen LogP contribution in [0.5, 0.6) is 0 Å². The van der Waals surface area contributed by atoms with Crippen molar-refractivity contribution in [3.8, 4) is 0 Å². The number of fused-ring (bicyclic) bond motifs is 1. The quantitative estimate of drug-likeness (QED) is 0.233. The minimum absolute atomic E-state index is 0.0184. The maximum Gasteiger partial charge on any atom is 0.352 e. The van der Waals surface area contributed by atoms with Crippen molar-refractivity contribution in [2.75, 3.05) is 23.9 Å². The Hall–Kier alpha value is -3.13. The molecule has 0 radical (unpaired) electrons. The van der Waals surface area contributed by atoms with Crippen molar-refractivity contribution in [2.24, 2.45) is 14.1 Å². The Bertz CT molecular complexity index is 1130. The molecule has 0 bridgehead atoms. The number of pyridine rings is 1. The van der Waals surface area contributed by atoms with Gasteiger partial charge in [0.2, 0.25) is 11.2 Å². The minimum Gasteiger partial charge on any atom is -0.477 e. The second kappa shape index (κ2) is 8.78. The zero-order chi connectivity index (χ0) is 23.0. The van der Waals surface area contributed by atoms with Gasteiger partial charge in [0.05, 0.1) is 19.7 Å². The summed E-state index contributed by atoms with van der Waals surface area (Å²) in [5, 5.41) is 24.4. The van der Waals surface area contributed by atoms with Crippen LogP contribution in [0.15, 0.2) is 34.8 Å². The molecule has 2 unspecified atom stereocenters. The van der Waals surface area contributed by atoms with Gasteiger partial charge in [-0.15, -0.1) is 16.9 Å². The van der Waals surface area contributed by atoms with Gasteiger partial charge in [0, 0.05) is 24.6 Å². The maximum absolute atomic E-state index is 12.9. The third kappa shape index (κ3) is 3.90. The monoisotopic (exact) mass is 478 g/mol. The molecule has 12 nitrogen and oxygen atoms in total. The average molecular weight is 479 g/mol. The molecule has 2 aromatic rings. The van der Waals surface area contributed by atoms with Crippen LogP contribution < -0.4 is 9.88 Å². The molecule has 1 saturated heterocycles. The van der Waals surface area contributed by atoms with Crippen molar-refractivity contribution in [2.45, 2.75) is 16.6 Å². The molecule has 0 aliphatic carbocycles. The van der Waals surface area contributed by atoms with E-state index in [1.165, 1.54) is 40.2 Å². The zero-order valence-corrected chi connectivity index (χ0v) is 19.0. The molecule has 2 aliphatic heterocycles. The number of hydrogen-bond donors (Lipinski definition) is 2. The molecule has 1 amide bonds. The topological polar surface area (TPSA) is 143 Å². The number of amides is 1. The highest BCUT2D eigenvalue weighted by Gasteiger charge is 2.56.